The average Bonchev–Trinajstić information content (AvgIpc) is 3.08. The lowest BCUT2D eigenvalue weighted by molar-refractivity contribution is 0.0939. The van der Waals surface area contributed by atoms with E-state index in [9.17, 15) is 13.2 Å². The minimum Gasteiger partial charge on any atom is -0.441 e. The van der Waals surface area contributed by atoms with Crippen LogP contribution in [0, 0.1) is 13.8 Å². The quantitative estimate of drug-likeness (QED) is 0.602. The van der Waals surface area contributed by atoms with Gasteiger partial charge in [-0.05, 0) is 63.6 Å². The minimum atomic E-state index is -3.53. The maximum Gasteiger partial charge on any atom is 0.251 e. The van der Waals surface area contributed by atoms with Crippen molar-refractivity contribution in [1.82, 2.24) is 10.3 Å². The Bertz CT molecular complexity index is 1130. The van der Waals surface area contributed by atoms with Crippen LogP contribution in [0.5, 0.6) is 0 Å². The monoisotopic (exact) mass is 426 g/mol. The van der Waals surface area contributed by atoms with Crippen molar-refractivity contribution < 1.29 is 17.6 Å². The second-order valence-electron chi connectivity index (χ2n) is 7.45. The third-order valence-corrected chi connectivity index (χ3v) is 6.63. The summed E-state index contributed by atoms with van der Waals surface area (Å²) in [7, 11) is -3.53. The number of aryl methyl sites for hydroxylation is 2. The fourth-order valence-corrected chi connectivity index (χ4v) is 4.21. The Hall–Kier alpha value is -2.93. The molecule has 30 heavy (non-hydrogen) atoms. The zero-order valence-electron chi connectivity index (χ0n) is 17.6. The van der Waals surface area contributed by atoms with Crippen LogP contribution in [0.15, 0.2) is 57.8 Å². The molecule has 6 nitrogen and oxygen atoms in total. The first kappa shape index (κ1) is 21.8. The summed E-state index contributed by atoms with van der Waals surface area (Å²) in [6, 6.07) is 13.7. The van der Waals surface area contributed by atoms with Gasteiger partial charge in [-0.3, -0.25) is 4.79 Å². The van der Waals surface area contributed by atoms with Gasteiger partial charge in [0, 0.05) is 17.2 Å². The van der Waals surface area contributed by atoms with Crippen molar-refractivity contribution in [2.45, 2.75) is 50.8 Å². The Morgan fingerprint density at radius 3 is 2.30 bits per heavy atom. The third-order valence-electron chi connectivity index (χ3n) is 4.98. The van der Waals surface area contributed by atoms with Crippen LogP contribution in [0.2, 0.25) is 0 Å². The van der Waals surface area contributed by atoms with Crippen LogP contribution in [-0.2, 0) is 15.6 Å². The van der Waals surface area contributed by atoms with E-state index in [2.05, 4.69) is 10.3 Å². The molecule has 0 radical (unpaired) electrons. The van der Waals surface area contributed by atoms with Gasteiger partial charge in [-0.1, -0.05) is 24.6 Å². The summed E-state index contributed by atoms with van der Waals surface area (Å²) in [5.74, 6) is 0.417. The van der Waals surface area contributed by atoms with Gasteiger partial charge in [0.2, 0.25) is 5.89 Å². The zero-order valence-corrected chi connectivity index (χ0v) is 18.4. The molecule has 0 unspecified atom stereocenters. The predicted octanol–water partition coefficient (Wildman–Crippen LogP) is 4.46. The Morgan fingerprint density at radius 1 is 1.07 bits per heavy atom. The molecule has 1 atom stereocenters. The van der Waals surface area contributed by atoms with E-state index in [1.54, 1.807) is 55.5 Å². The van der Waals surface area contributed by atoms with E-state index in [1.807, 2.05) is 20.8 Å². The summed E-state index contributed by atoms with van der Waals surface area (Å²) in [4.78, 5) is 16.9. The first-order chi connectivity index (χ1) is 14.2. The fraction of sp³-hybridized carbons (Fsp3) is 0.304. The molecule has 0 aliphatic carbocycles. The summed E-state index contributed by atoms with van der Waals surface area (Å²) in [6.45, 7) is 7.57. The number of aromatic nitrogens is 1. The van der Waals surface area contributed by atoms with Crippen molar-refractivity contribution in [2.75, 3.05) is 0 Å². The lowest BCUT2D eigenvalue weighted by Crippen LogP contribution is -2.31. The molecular weight excluding hydrogens is 400 g/mol. The zero-order chi connectivity index (χ0) is 21.9. The van der Waals surface area contributed by atoms with E-state index >= 15 is 0 Å². The smallest absolute Gasteiger partial charge is 0.251 e. The number of nitrogens with one attached hydrogen (secondary N) is 1. The highest BCUT2D eigenvalue weighted by atomic mass is 32.2. The number of nitrogens with zero attached hydrogens (tertiary/aromatic N) is 1. The summed E-state index contributed by atoms with van der Waals surface area (Å²) in [5, 5.41) is 2.92. The van der Waals surface area contributed by atoms with Gasteiger partial charge < -0.3 is 9.73 Å². The molecule has 0 bridgehead atoms. The summed E-state index contributed by atoms with van der Waals surface area (Å²) in [5.41, 5.74) is 2.60. The van der Waals surface area contributed by atoms with Gasteiger partial charge in [-0.15, -0.1) is 0 Å². The van der Waals surface area contributed by atoms with Crippen LogP contribution in [0.1, 0.15) is 47.6 Å². The molecule has 0 saturated carbocycles. The molecule has 0 saturated heterocycles. The fourth-order valence-electron chi connectivity index (χ4n) is 2.87. The van der Waals surface area contributed by atoms with Crippen molar-refractivity contribution in [1.29, 1.82) is 0 Å². The van der Waals surface area contributed by atoms with Crippen LogP contribution in [-0.4, -0.2) is 25.4 Å². The molecule has 7 heteroatoms. The summed E-state index contributed by atoms with van der Waals surface area (Å²) < 4.78 is 31.1. The second-order valence-corrected chi connectivity index (χ2v) is 9.44. The molecule has 2 aromatic carbocycles. The Kier molecular flexibility index (Phi) is 6.41. The van der Waals surface area contributed by atoms with Gasteiger partial charge >= 0.3 is 0 Å². The number of rotatable bonds is 7. The average molecular weight is 427 g/mol. The molecule has 1 N–H and O–H groups in total. The number of carbonyl (C=O) groups is 1. The number of amides is 1. The van der Waals surface area contributed by atoms with Gasteiger partial charge in [0.25, 0.3) is 5.91 Å². The number of hydrogen-bond acceptors (Lipinski definition) is 5. The van der Waals surface area contributed by atoms with Crippen molar-refractivity contribution in [2.24, 2.45) is 0 Å². The van der Waals surface area contributed by atoms with E-state index in [1.165, 1.54) is 0 Å². The van der Waals surface area contributed by atoms with E-state index in [0.717, 1.165) is 12.0 Å². The Morgan fingerprint density at radius 2 is 1.70 bits per heavy atom. The molecule has 1 aromatic heterocycles. The van der Waals surface area contributed by atoms with Gasteiger partial charge in [0.15, 0.2) is 9.84 Å². The van der Waals surface area contributed by atoms with Crippen LogP contribution >= 0.6 is 0 Å². The molecule has 0 aliphatic heterocycles. The van der Waals surface area contributed by atoms with Crippen LogP contribution in [0.3, 0.4) is 0 Å². The Labute approximate surface area is 177 Å². The maximum atomic E-state index is 12.7. The lowest BCUT2D eigenvalue weighted by Gasteiger charge is -2.11. The van der Waals surface area contributed by atoms with Crippen LogP contribution in [0.4, 0.5) is 0 Å². The SMILES string of the molecule is CC[C@H](C)NC(=O)c1ccc(-c2nc(CS(=O)(=O)c3ccc(C)cc3)c(C)o2)cc1. The van der Waals surface area contributed by atoms with Gasteiger partial charge in [0.1, 0.15) is 11.5 Å². The topological polar surface area (TPSA) is 89.3 Å². The standard InChI is InChI=1S/C23H26N2O4S/c1-5-16(3)24-22(26)18-8-10-19(11-9-18)23-25-21(17(4)29-23)14-30(27,28)20-12-6-15(2)7-13-20/h6-13,16H,5,14H2,1-4H3,(H,24,26)/t16-/m0/s1. The third kappa shape index (κ3) is 4.97. The molecule has 1 heterocycles. The number of sulfone groups is 1. The highest BCUT2D eigenvalue weighted by Gasteiger charge is 2.21. The largest absolute Gasteiger partial charge is 0.441 e. The lowest BCUT2D eigenvalue weighted by atomic mass is 10.1. The highest BCUT2D eigenvalue weighted by molar-refractivity contribution is 7.90. The van der Waals surface area contributed by atoms with Crippen LogP contribution < -0.4 is 5.32 Å². The second kappa shape index (κ2) is 8.83. The van der Waals surface area contributed by atoms with Crippen molar-refractivity contribution >= 4 is 15.7 Å². The van der Waals surface area contributed by atoms with Gasteiger partial charge in [0.05, 0.1) is 10.6 Å². The van der Waals surface area contributed by atoms with Gasteiger partial charge in [-0.25, -0.2) is 13.4 Å². The van der Waals surface area contributed by atoms with E-state index in [4.69, 9.17) is 4.42 Å². The van der Waals surface area contributed by atoms with E-state index in [0.29, 0.717) is 28.5 Å². The molecule has 3 rings (SSSR count). The minimum absolute atomic E-state index is 0.101. The number of benzene rings is 2. The molecule has 3 aromatic rings. The molecule has 158 valence electrons. The van der Waals surface area contributed by atoms with Crippen molar-refractivity contribution in [3.8, 4) is 11.5 Å². The normalized spacial score (nSPS) is 12.5. The summed E-state index contributed by atoms with van der Waals surface area (Å²) >= 11 is 0. The van der Waals surface area contributed by atoms with Crippen LogP contribution in [0.25, 0.3) is 11.5 Å². The molecular formula is C23H26N2O4S. The Balaban J connectivity index is 1.79. The number of hydrogen-bond donors (Lipinski definition) is 1. The highest BCUT2D eigenvalue weighted by Crippen LogP contribution is 2.25. The molecule has 0 spiro atoms. The first-order valence-corrected chi connectivity index (χ1v) is 11.5. The number of carbonyl (C=O) groups excluding carboxylic acids is 1. The van der Waals surface area contributed by atoms with Gasteiger partial charge in [-0.2, -0.15) is 0 Å². The number of oxazole rings is 1. The van der Waals surface area contributed by atoms with E-state index < -0.39 is 9.84 Å². The van der Waals surface area contributed by atoms with Crippen molar-refractivity contribution in [3.05, 3.63) is 71.1 Å². The first-order valence-electron chi connectivity index (χ1n) is 9.86. The molecule has 0 fully saturated rings. The predicted molar refractivity (Wildman–Crippen MR) is 116 cm³/mol. The summed E-state index contributed by atoms with van der Waals surface area (Å²) in [6.07, 6.45) is 0.855. The maximum absolute atomic E-state index is 12.7. The molecule has 0 aliphatic rings. The van der Waals surface area contributed by atoms with Crippen molar-refractivity contribution in [3.63, 3.8) is 0 Å². The molecule has 1 amide bonds. The van der Waals surface area contributed by atoms with E-state index in [-0.39, 0.29) is 22.6 Å².